The SMILES string of the molecule is Cc1ccc(NC(=O)c2ccccc2NC(=S)NC(=O)CCC(=O)OCCCc2ccccc2)cc1C. The molecule has 3 aromatic rings. The minimum Gasteiger partial charge on any atom is -0.466 e. The highest BCUT2D eigenvalue weighted by Crippen LogP contribution is 2.19. The molecule has 0 aliphatic rings. The third-order valence-electron chi connectivity index (χ3n) is 5.71. The molecular weight excluding hydrogens is 486 g/mol. The topological polar surface area (TPSA) is 96.5 Å². The lowest BCUT2D eigenvalue weighted by molar-refractivity contribution is -0.145. The molecule has 0 radical (unpaired) electrons. The first-order chi connectivity index (χ1) is 17.8. The largest absolute Gasteiger partial charge is 0.466 e. The van der Waals surface area contributed by atoms with E-state index in [0.29, 0.717) is 30.0 Å². The number of rotatable bonds is 10. The molecule has 8 heteroatoms. The van der Waals surface area contributed by atoms with Gasteiger partial charge in [0.1, 0.15) is 0 Å². The van der Waals surface area contributed by atoms with Crippen molar-refractivity contribution in [2.45, 2.75) is 39.5 Å². The lowest BCUT2D eigenvalue weighted by Crippen LogP contribution is -2.34. The number of esters is 1. The number of carbonyl (C=O) groups is 3. The second kappa shape index (κ2) is 13.9. The van der Waals surface area contributed by atoms with Crippen molar-refractivity contribution in [3.05, 3.63) is 95.1 Å². The number of nitrogens with one attached hydrogen (secondary N) is 3. The van der Waals surface area contributed by atoms with Gasteiger partial charge in [-0.3, -0.25) is 14.4 Å². The van der Waals surface area contributed by atoms with Gasteiger partial charge in [-0.15, -0.1) is 0 Å². The van der Waals surface area contributed by atoms with Crippen molar-refractivity contribution in [1.82, 2.24) is 5.32 Å². The van der Waals surface area contributed by atoms with Crippen LogP contribution in [0.25, 0.3) is 0 Å². The molecule has 0 saturated heterocycles. The van der Waals surface area contributed by atoms with Crippen LogP contribution in [0.4, 0.5) is 11.4 Å². The van der Waals surface area contributed by atoms with Crippen LogP contribution in [0.2, 0.25) is 0 Å². The normalized spacial score (nSPS) is 10.3. The van der Waals surface area contributed by atoms with Crippen LogP contribution in [0.3, 0.4) is 0 Å². The predicted molar refractivity (Wildman–Crippen MR) is 150 cm³/mol. The number of para-hydroxylation sites is 1. The molecule has 0 heterocycles. The molecule has 3 N–H and O–H groups in total. The Balaban J connectivity index is 1.42. The van der Waals surface area contributed by atoms with Crippen LogP contribution in [0.1, 0.15) is 46.3 Å². The Morgan fingerprint density at radius 1 is 0.838 bits per heavy atom. The summed E-state index contributed by atoms with van der Waals surface area (Å²) in [6.45, 7) is 4.29. The molecule has 7 nitrogen and oxygen atoms in total. The van der Waals surface area contributed by atoms with Gasteiger partial charge in [-0.2, -0.15) is 0 Å². The molecule has 3 aromatic carbocycles. The first-order valence-electron chi connectivity index (χ1n) is 12.1. The second-order valence-corrected chi connectivity index (χ2v) is 9.02. The predicted octanol–water partition coefficient (Wildman–Crippen LogP) is 5.32. The summed E-state index contributed by atoms with van der Waals surface area (Å²) in [5.41, 5.74) is 4.90. The summed E-state index contributed by atoms with van der Waals surface area (Å²) in [5.74, 6) is -1.17. The third-order valence-corrected chi connectivity index (χ3v) is 5.91. The van der Waals surface area contributed by atoms with E-state index in [1.807, 2.05) is 62.4 Å². The van der Waals surface area contributed by atoms with Crippen LogP contribution < -0.4 is 16.0 Å². The zero-order chi connectivity index (χ0) is 26.6. The molecule has 0 aliphatic carbocycles. The summed E-state index contributed by atoms with van der Waals surface area (Å²) >= 11 is 5.24. The van der Waals surface area contributed by atoms with E-state index in [4.69, 9.17) is 17.0 Å². The number of aryl methyl sites for hydroxylation is 3. The van der Waals surface area contributed by atoms with E-state index in [-0.39, 0.29) is 23.9 Å². The van der Waals surface area contributed by atoms with Crippen molar-refractivity contribution in [1.29, 1.82) is 0 Å². The Hall–Kier alpha value is -4.04. The van der Waals surface area contributed by atoms with Gasteiger partial charge in [0.25, 0.3) is 5.91 Å². The third kappa shape index (κ3) is 9.16. The van der Waals surface area contributed by atoms with E-state index < -0.39 is 11.9 Å². The summed E-state index contributed by atoms with van der Waals surface area (Å²) in [7, 11) is 0. The number of benzene rings is 3. The summed E-state index contributed by atoms with van der Waals surface area (Å²) in [6, 6.07) is 22.5. The second-order valence-electron chi connectivity index (χ2n) is 8.61. The molecule has 0 saturated carbocycles. The molecule has 0 fully saturated rings. The van der Waals surface area contributed by atoms with Crippen molar-refractivity contribution in [3.8, 4) is 0 Å². The van der Waals surface area contributed by atoms with Crippen molar-refractivity contribution < 1.29 is 19.1 Å². The number of amides is 2. The first kappa shape index (κ1) is 27.5. The quantitative estimate of drug-likeness (QED) is 0.191. The highest BCUT2D eigenvalue weighted by atomic mass is 32.1. The molecule has 2 amide bonds. The lowest BCUT2D eigenvalue weighted by atomic mass is 10.1. The molecular formula is C29H31N3O4S. The van der Waals surface area contributed by atoms with Crippen molar-refractivity contribution in [3.63, 3.8) is 0 Å². The molecule has 0 aromatic heterocycles. The van der Waals surface area contributed by atoms with E-state index in [1.54, 1.807) is 24.3 Å². The Labute approximate surface area is 222 Å². The Kier molecular flexibility index (Phi) is 10.3. The summed E-state index contributed by atoms with van der Waals surface area (Å²) in [5, 5.41) is 8.36. The molecule has 0 unspecified atom stereocenters. The van der Waals surface area contributed by atoms with E-state index in [0.717, 1.165) is 17.5 Å². The van der Waals surface area contributed by atoms with Crippen LogP contribution >= 0.6 is 12.2 Å². The molecule has 0 spiro atoms. The van der Waals surface area contributed by atoms with Crippen LogP contribution in [-0.2, 0) is 20.7 Å². The number of ether oxygens (including phenoxy) is 1. The van der Waals surface area contributed by atoms with Gasteiger partial charge in [-0.25, -0.2) is 0 Å². The van der Waals surface area contributed by atoms with Crippen molar-refractivity contribution >= 4 is 46.5 Å². The Bertz CT molecular complexity index is 1260. The summed E-state index contributed by atoms with van der Waals surface area (Å²) < 4.78 is 5.21. The van der Waals surface area contributed by atoms with Gasteiger partial charge in [0.2, 0.25) is 5.91 Å². The fourth-order valence-corrected chi connectivity index (χ4v) is 3.77. The number of hydrogen-bond donors (Lipinski definition) is 3. The lowest BCUT2D eigenvalue weighted by Gasteiger charge is -2.14. The van der Waals surface area contributed by atoms with E-state index >= 15 is 0 Å². The molecule has 0 atom stereocenters. The van der Waals surface area contributed by atoms with E-state index in [1.165, 1.54) is 5.56 Å². The van der Waals surface area contributed by atoms with Gasteiger partial charge in [0.15, 0.2) is 5.11 Å². The van der Waals surface area contributed by atoms with E-state index in [9.17, 15) is 14.4 Å². The number of anilines is 2. The zero-order valence-electron chi connectivity index (χ0n) is 21.0. The molecule has 192 valence electrons. The van der Waals surface area contributed by atoms with Gasteiger partial charge in [-0.05, 0) is 79.9 Å². The smallest absolute Gasteiger partial charge is 0.306 e. The zero-order valence-corrected chi connectivity index (χ0v) is 21.8. The summed E-state index contributed by atoms with van der Waals surface area (Å²) in [6.07, 6.45) is 1.42. The Morgan fingerprint density at radius 2 is 1.57 bits per heavy atom. The van der Waals surface area contributed by atoms with Crippen molar-refractivity contribution in [2.24, 2.45) is 0 Å². The monoisotopic (exact) mass is 517 g/mol. The standard InChI is InChI=1S/C29H31N3O4S/c1-20-14-15-23(19-21(20)2)30-28(35)24-12-6-7-13-25(24)31-29(37)32-26(33)16-17-27(34)36-18-8-11-22-9-4-3-5-10-22/h3-7,9-10,12-15,19H,8,11,16-18H2,1-2H3,(H,30,35)(H2,31,32,33,37). The Morgan fingerprint density at radius 3 is 2.32 bits per heavy atom. The number of thiocarbonyl (C=S) groups is 1. The van der Waals surface area contributed by atoms with Gasteiger partial charge in [0, 0.05) is 12.1 Å². The highest BCUT2D eigenvalue weighted by molar-refractivity contribution is 7.80. The maximum absolute atomic E-state index is 12.9. The molecule has 37 heavy (non-hydrogen) atoms. The van der Waals surface area contributed by atoms with Crippen LogP contribution in [0, 0.1) is 13.8 Å². The van der Waals surface area contributed by atoms with Gasteiger partial charge < -0.3 is 20.7 Å². The maximum atomic E-state index is 12.9. The number of carbonyl (C=O) groups excluding carboxylic acids is 3. The first-order valence-corrected chi connectivity index (χ1v) is 12.5. The fourth-order valence-electron chi connectivity index (χ4n) is 3.55. The van der Waals surface area contributed by atoms with Crippen LogP contribution in [0.15, 0.2) is 72.8 Å². The maximum Gasteiger partial charge on any atom is 0.306 e. The van der Waals surface area contributed by atoms with Gasteiger partial charge >= 0.3 is 5.97 Å². The molecule has 0 aliphatic heterocycles. The molecule has 3 rings (SSSR count). The average Bonchev–Trinajstić information content (AvgIpc) is 2.88. The minimum absolute atomic E-state index is 0.0349. The van der Waals surface area contributed by atoms with Gasteiger partial charge in [-0.1, -0.05) is 48.5 Å². The van der Waals surface area contributed by atoms with Crippen LogP contribution in [0.5, 0.6) is 0 Å². The number of hydrogen-bond acceptors (Lipinski definition) is 5. The van der Waals surface area contributed by atoms with Gasteiger partial charge in [0.05, 0.1) is 24.3 Å². The van der Waals surface area contributed by atoms with E-state index in [2.05, 4.69) is 16.0 Å². The average molecular weight is 518 g/mol. The highest BCUT2D eigenvalue weighted by Gasteiger charge is 2.14. The fraction of sp³-hybridized carbons (Fsp3) is 0.241. The minimum atomic E-state index is -0.435. The summed E-state index contributed by atoms with van der Waals surface area (Å²) in [4.78, 5) is 37.1. The van der Waals surface area contributed by atoms with Crippen molar-refractivity contribution in [2.75, 3.05) is 17.2 Å². The van der Waals surface area contributed by atoms with Crippen LogP contribution in [-0.4, -0.2) is 29.5 Å². The molecule has 0 bridgehead atoms.